The molecule has 9 bridgehead atoms. The van der Waals surface area contributed by atoms with Crippen LogP contribution in [0.1, 0.15) is 43.0 Å². The number of hydrogen-bond donors (Lipinski definition) is 3. The van der Waals surface area contributed by atoms with E-state index in [-0.39, 0.29) is 35.3 Å². The molecule has 3 unspecified atom stereocenters. The second-order valence-corrected chi connectivity index (χ2v) is 12.5. The zero-order valence-corrected chi connectivity index (χ0v) is 18.9. The summed E-state index contributed by atoms with van der Waals surface area (Å²) in [6.45, 7) is 7.40. The molecule has 3 aliphatic heterocycles. The molecule has 6 aliphatic carbocycles. The van der Waals surface area contributed by atoms with E-state index in [9.17, 15) is 20.1 Å². The van der Waals surface area contributed by atoms with E-state index in [1.807, 2.05) is 6.07 Å². The second kappa shape index (κ2) is 5.40. The molecule has 6 nitrogen and oxygen atoms in total. The number of aliphatic hydroxyl groups excluding tert-OH is 2. The Hall–Kier alpha value is -1.73. The topological polar surface area (TPSA) is 90.2 Å². The van der Waals surface area contributed by atoms with Crippen LogP contribution in [0.3, 0.4) is 0 Å². The van der Waals surface area contributed by atoms with Crippen molar-refractivity contribution in [2.45, 2.75) is 68.6 Å². The fraction of sp³-hybridized carbons (Fsp3) is 0.667. The Bertz CT molecular complexity index is 1120. The minimum absolute atomic E-state index is 0.0281. The van der Waals surface area contributed by atoms with Gasteiger partial charge in [-0.15, -0.1) is 0 Å². The van der Waals surface area contributed by atoms with Gasteiger partial charge in [-0.25, -0.2) is 4.79 Å². The van der Waals surface area contributed by atoms with Crippen LogP contribution in [0, 0.1) is 34.0 Å². The summed E-state index contributed by atoms with van der Waals surface area (Å²) in [7, 11) is 0. The van der Waals surface area contributed by atoms with Crippen LogP contribution in [0.5, 0.6) is 0 Å². The number of aliphatic hydroxyl groups is 3. The lowest BCUT2D eigenvalue weighted by atomic mass is 9.37. The molecule has 13 atom stereocenters. The van der Waals surface area contributed by atoms with Crippen molar-refractivity contribution in [1.29, 1.82) is 0 Å². The van der Waals surface area contributed by atoms with E-state index in [4.69, 9.17) is 4.74 Å². The molecule has 0 radical (unpaired) electrons. The highest BCUT2D eigenvalue weighted by Crippen LogP contribution is 2.88. The van der Waals surface area contributed by atoms with Gasteiger partial charge < -0.3 is 20.1 Å². The fourth-order valence-electron chi connectivity index (χ4n) is 11.3. The van der Waals surface area contributed by atoms with Crippen molar-refractivity contribution in [2.75, 3.05) is 6.54 Å². The number of carbonyl (C=O) groups excluding carboxylic acids is 1. The Morgan fingerprint density at radius 2 is 1.94 bits per heavy atom. The molecule has 0 aromatic heterocycles. The highest BCUT2D eigenvalue weighted by Gasteiger charge is 2.95. The molecule has 0 amide bonds. The Morgan fingerprint density at radius 3 is 2.70 bits per heavy atom. The molecule has 33 heavy (non-hydrogen) atoms. The number of fused-ring (bicyclic) bond motifs is 1. The quantitative estimate of drug-likeness (QED) is 0.471. The molecule has 9 aliphatic rings. The van der Waals surface area contributed by atoms with Crippen molar-refractivity contribution < 1.29 is 24.9 Å². The van der Waals surface area contributed by atoms with E-state index in [0.717, 1.165) is 25.0 Å². The average molecular weight is 450 g/mol. The Morgan fingerprint density at radius 1 is 1.18 bits per heavy atom. The highest BCUT2D eigenvalue weighted by molar-refractivity contribution is 5.89. The Labute approximate surface area is 193 Å². The number of carbonyl (C=O) groups is 1. The summed E-state index contributed by atoms with van der Waals surface area (Å²) in [6.07, 6.45) is 0.522. The first-order valence-corrected chi connectivity index (χ1v) is 12.5. The SMILES string of the molecule is C=C1[C@H]2CC3C4N5C[C@]6(C)C[C@H](OC(=O)c7ccccc7)[C@@H](O)[C@@]47[C@@H]6[C@@H]5C[C@]3([C@@H]1O)[C@@]7(O)C2. The first kappa shape index (κ1) is 19.6. The third kappa shape index (κ3) is 1.67. The molecule has 10 rings (SSSR count). The molecule has 9 fully saturated rings. The van der Waals surface area contributed by atoms with E-state index >= 15 is 0 Å². The van der Waals surface area contributed by atoms with Crippen LogP contribution in [-0.4, -0.2) is 68.7 Å². The number of nitrogens with zero attached hydrogens (tertiary/aromatic N) is 1. The second-order valence-electron chi connectivity index (χ2n) is 12.5. The maximum absolute atomic E-state index is 13.0. The van der Waals surface area contributed by atoms with Crippen molar-refractivity contribution in [1.82, 2.24) is 4.90 Å². The van der Waals surface area contributed by atoms with E-state index in [1.54, 1.807) is 24.3 Å². The Balaban J connectivity index is 1.28. The van der Waals surface area contributed by atoms with E-state index in [2.05, 4.69) is 18.4 Å². The largest absolute Gasteiger partial charge is 0.456 e. The molecule has 1 aromatic rings. The first-order chi connectivity index (χ1) is 15.7. The van der Waals surface area contributed by atoms with Crippen molar-refractivity contribution in [3.63, 3.8) is 0 Å². The van der Waals surface area contributed by atoms with Crippen molar-refractivity contribution in [3.8, 4) is 0 Å². The van der Waals surface area contributed by atoms with Crippen LogP contribution in [0.4, 0.5) is 0 Å². The lowest BCUT2D eigenvalue weighted by Crippen LogP contribution is -2.77. The van der Waals surface area contributed by atoms with Gasteiger partial charge >= 0.3 is 5.97 Å². The molecule has 3 N–H and O–H groups in total. The van der Waals surface area contributed by atoms with Gasteiger partial charge in [-0.2, -0.15) is 0 Å². The molecule has 174 valence electrons. The number of rotatable bonds is 2. The van der Waals surface area contributed by atoms with Gasteiger partial charge in [0.15, 0.2) is 0 Å². The molecule has 6 saturated carbocycles. The molecule has 3 heterocycles. The summed E-state index contributed by atoms with van der Waals surface area (Å²) in [4.78, 5) is 15.6. The number of piperidine rings is 2. The zero-order chi connectivity index (χ0) is 22.7. The summed E-state index contributed by atoms with van der Waals surface area (Å²) >= 11 is 0. The van der Waals surface area contributed by atoms with Crippen LogP contribution in [0.15, 0.2) is 42.5 Å². The lowest BCUT2D eigenvalue weighted by molar-refractivity contribution is -0.303. The highest BCUT2D eigenvalue weighted by atomic mass is 16.6. The van der Waals surface area contributed by atoms with Crippen LogP contribution < -0.4 is 0 Å². The monoisotopic (exact) mass is 449 g/mol. The van der Waals surface area contributed by atoms with Gasteiger partial charge in [0.05, 0.1) is 22.7 Å². The van der Waals surface area contributed by atoms with Crippen LogP contribution in [0.25, 0.3) is 0 Å². The maximum atomic E-state index is 13.0. The van der Waals surface area contributed by atoms with Gasteiger partial charge in [0, 0.05) is 24.0 Å². The summed E-state index contributed by atoms with van der Waals surface area (Å²) in [5.41, 5.74) is -1.38. The number of esters is 1. The van der Waals surface area contributed by atoms with Crippen molar-refractivity contribution in [2.24, 2.45) is 34.0 Å². The van der Waals surface area contributed by atoms with Gasteiger partial charge in [0.25, 0.3) is 0 Å². The number of ether oxygens (including phenoxy) is 1. The normalized spacial score (nSPS) is 60.5. The smallest absolute Gasteiger partial charge is 0.338 e. The third-order valence-electron chi connectivity index (χ3n) is 11.8. The molecular formula is C27H31NO5. The third-order valence-corrected chi connectivity index (χ3v) is 11.8. The van der Waals surface area contributed by atoms with Crippen LogP contribution >= 0.6 is 0 Å². The Kier molecular flexibility index (Phi) is 3.20. The molecular weight excluding hydrogens is 418 g/mol. The summed E-state index contributed by atoms with van der Waals surface area (Å²) in [5.74, 6) is -0.0439. The van der Waals surface area contributed by atoms with Crippen LogP contribution in [0.2, 0.25) is 0 Å². The maximum Gasteiger partial charge on any atom is 0.338 e. The van der Waals surface area contributed by atoms with E-state index in [0.29, 0.717) is 18.4 Å². The van der Waals surface area contributed by atoms with Gasteiger partial charge in [0.1, 0.15) is 12.2 Å². The van der Waals surface area contributed by atoms with E-state index < -0.39 is 40.7 Å². The average Bonchev–Trinajstić information content (AvgIpc) is 3.20. The van der Waals surface area contributed by atoms with Gasteiger partial charge in [-0.3, -0.25) is 4.90 Å². The number of hydrogen-bond acceptors (Lipinski definition) is 6. The molecule has 1 aromatic carbocycles. The molecule has 6 heteroatoms. The van der Waals surface area contributed by atoms with Crippen molar-refractivity contribution >= 4 is 5.97 Å². The fourth-order valence-corrected chi connectivity index (χ4v) is 11.3. The van der Waals surface area contributed by atoms with Gasteiger partial charge in [-0.1, -0.05) is 31.7 Å². The molecule has 2 spiro atoms. The summed E-state index contributed by atoms with van der Waals surface area (Å²) in [6, 6.07) is 9.22. The van der Waals surface area contributed by atoms with E-state index in [1.165, 1.54) is 0 Å². The van der Waals surface area contributed by atoms with Gasteiger partial charge in [-0.05, 0) is 66.6 Å². The summed E-state index contributed by atoms with van der Waals surface area (Å²) < 4.78 is 6.03. The minimum atomic E-state index is -1.17. The predicted octanol–water partition coefficient (Wildman–Crippen LogP) is 1.74. The number of benzene rings is 1. The minimum Gasteiger partial charge on any atom is -0.456 e. The zero-order valence-electron chi connectivity index (χ0n) is 18.9. The summed E-state index contributed by atoms with van der Waals surface area (Å²) in [5, 5.41) is 36.3. The lowest BCUT2D eigenvalue weighted by Gasteiger charge is -2.69. The molecule has 3 saturated heterocycles. The van der Waals surface area contributed by atoms with Crippen molar-refractivity contribution in [3.05, 3.63) is 48.0 Å². The van der Waals surface area contributed by atoms with Gasteiger partial charge in [0.2, 0.25) is 0 Å². The predicted molar refractivity (Wildman–Crippen MR) is 118 cm³/mol. The van der Waals surface area contributed by atoms with Crippen LogP contribution in [-0.2, 0) is 4.74 Å². The standard InChI is InChI=1S/C27H31NO5/c1-13-15-8-16-20-27-19-17(10-25(16,21(13)29)26(27,32)9-15)28(20)12-24(19,2)11-18(22(27)30)33-23(31)14-6-4-3-5-7-14/h3-7,15-22,29-30,32H,1,8-12H2,2H3/t15-,16?,17-,18-,19+,20?,21+,22+,24-,25-,26-,27+/m0/s1. The first-order valence-electron chi connectivity index (χ1n) is 12.5.